The zero-order valence-electron chi connectivity index (χ0n) is 12.6. The largest absolute Gasteiger partial charge is 0.492 e. The van der Waals surface area contributed by atoms with Gasteiger partial charge in [0.05, 0.1) is 11.4 Å². The van der Waals surface area contributed by atoms with Crippen LogP contribution in [0.2, 0.25) is 0 Å². The third-order valence-corrected chi connectivity index (χ3v) is 5.49. The number of hydrogen-bond acceptors (Lipinski definition) is 4. The van der Waals surface area contributed by atoms with E-state index in [2.05, 4.69) is 15.9 Å². The van der Waals surface area contributed by atoms with Gasteiger partial charge in [-0.3, -0.25) is 9.69 Å². The summed E-state index contributed by atoms with van der Waals surface area (Å²) in [5.74, 6) is 0.712. The Hall–Kier alpha value is -1.63. The minimum absolute atomic E-state index is 0.0718. The molecule has 0 aromatic heterocycles. The van der Waals surface area contributed by atoms with Gasteiger partial charge in [-0.25, -0.2) is 0 Å². The van der Waals surface area contributed by atoms with Crippen LogP contribution in [0.1, 0.15) is 5.56 Å². The lowest BCUT2D eigenvalue weighted by atomic mass is 10.2. The molecule has 0 unspecified atom stereocenters. The number of thiocarbonyl (C=S) groups is 1. The summed E-state index contributed by atoms with van der Waals surface area (Å²) >= 11 is 10.1. The second-order valence-corrected chi connectivity index (χ2v) is 7.55. The number of rotatable bonds is 5. The lowest BCUT2D eigenvalue weighted by molar-refractivity contribution is -0.122. The van der Waals surface area contributed by atoms with Crippen LogP contribution in [0.5, 0.6) is 5.75 Å². The first-order valence-electron chi connectivity index (χ1n) is 7.33. The van der Waals surface area contributed by atoms with Crippen LogP contribution in [0.4, 0.5) is 0 Å². The highest BCUT2D eigenvalue weighted by Crippen LogP contribution is 2.33. The number of nitrogens with zero attached hydrogens (tertiary/aromatic N) is 1. The predicted molar refractivity (Wildman–Crippen MR) is 106 cm³/mol. The number of thioether (sulfide) groups is 1. The fraction of sp³-hybridized carbons (Fsp3) is 0.111. The van der Waals surface area contributed by atoms with Gasteiger partial charge in [0.25, 0.3) is 5.91 Å². The van der Waals surface area contributed by atoms with E-state index in [0.29, 0.717) is 22.4 Å². The molecule has 1 heterocycles. The Morgan fingerprint density at radius 3 is 2.58 bits per heavy atom. The molecule has 122 valence electrons. The fourth-order valence-electron chi connectivity index (χ4n) is 2.20. The van der Waals surface area contributed by atoms with Gasteiger partial charge in [-0.1, -0.05) is 76.3 Å². The van der Waals surface area contributed by atoms with Crippen LogP contribution in [0.15, 0.2) is 64.0 Å². The molecule has 0 radical (unpaired) electrons. The molecule has 0 spiro atoms. The van der Waals surface area contributed by atoms with Crippen molar-refractivity contribution >= 4 is 56.2 Å². The zero-order chi connectivity index (χ0) is 16.9. The first-order chi connectivity index (χ1) is 11.6. The van der Waals surface area contributed by atoms with E-state index < -0.39 is 0 Å². The number of amides is 1. The SMILES string of the molecule is O=C1/C(=C/c2ccccc2Br)SC(=S)N1CCOc1ccccc1. The van der Waals surface area contributed by atoms with Crippen molar-refractivity contribution in [2.24, 2.45) is 0 Å². The molecule has 1 aliphatic rings. The predicted octanol–water partition coefficient (Wildman–Crippen LogP) is 4.73. The second-order valence-electron chi connectivity index (χ2n) is 5.02. The van der Waals surface area contributed by atoms with E-state index in [0.717, 1.165) is 15.8 Å². The summed E-state index contributed by atoms with van der Waals surface area (Å²) in [4.78, 5) is 14.8. The summed E-state index contributed by atoms with van der Waals surface area (Å²) in [5.41, 5.74) is 0.957. The van der Waals surface area contributed by atoms with Gasteiger partial charge in [0.2, 0.25) is 0 Å². The maximum atomic E-state index is 12.6. The van der Waals surface area contributed by atoms with Crippen molar-refractivity contribution in [1.29, 1.82) is 0 Å². The molecule has 6 heteroatoms. The quantitative estimate of drug-likeness (QED) is 0.517. The molecule has 1 saturated heterocycles. The average Bonchev–Trinajstić information content (AvgIpc) is 2.85. The highest BCUT2D eigenvalue weighted by molar-refractivity contribution is 9.10. The number of ether oxygens (including phenoxy) is 1. The van der Waals surface area contributed by atoms with Gasteiger partial charge in [0.1, 0.15) is 16.7 Å². The van der Waals surface area contributed by atoms with E-state index in [1.165, 1.54) is 11.8 Å². The van der Waals surface area contributed by atoms with E-state index in [-0.39, 0.29) is 5.91 Å². The first kappa shape index (κ1) is 17.2. The van der Waals surface area contributed by atoms with Crippen LogP contribution in [0.25, 0.3) is 6.08 Å². The van der Waals surface area contributed by atoms with E-state index in [9.17, 15) is 4.79 Å². The number of hydrogen-bond donors (Lipinski definition) is 0. The maximum Gasteiger partial charge on any atom is 0.266 e. The summed E-state index contributed by atoms with van der Waals surface area (Å²) in [6.45, 7) is 0.839. The Balaban J connectivity index is 1.65. The van der Waals surface area contributed by atoms with E-state index in [4.69, 9.17) is 17.0 Å². The number of benzene rings is 2. The van der Waals surface area contributed by atoms with E-state index in [1.807, 2.05) is 60.7 Å². The van der Waals surface area contributed by atoms with Crippen LogP contribution in [-0.4, -0.2) is 28.3 Å². The molecule has 24 heavy (non-hydrogen) atoms. The van der Waals surface area contributed by atoms with Crippen LogP contribution in [0.3, 0.4) is 0 Å². The standard InChI is InChI=1S/C18H14BrNO2S2/c19-15-9-5-4-6-13(15)12-16-17(21)20(18(23)24-16)10-11-22-14-7-2-1-3-8-14/h1-9,12H,10-11H2/b16-12-. The van der Waals surface area contributed by atoms with Crippen molar-refractivity contribution in [3.05, 3.63) is 69.5 Å². The minimum Gasteiger partial charge on any atom is -0.492 e. The van der Waals surface area contributed by atoms with E-state index in [1.54, 1.807) is 4.90 Å². The molecular weight excluding hydrogens is 406 g/mol. The third kappa shape index (κ3) is 4.06. The second kappa shape index (κ2) is 7.96. The molecular formula is C18H14BrNO2S2. The molecule has 0 saturated carbocycles. The third-order valence-electron chi connectivity index (χ3n) is 3.39. The number of carbonyl (C=O) groups is 1. The highest BCUT2D eigenvalue weighted by Gasteiger charge is 2.31. The van der Waals surface area contributed by atoms with Gasteiger partial charge < -0.3 is 4.74 Å². The number of carbonyl (C=O) groups excluding carboxylic acids is 1. The average molecular weight is 420 g/mol. The molecule has 1 fully saturated rings. The molecule has 2 aromatic carbocycles. The van der Waals surface area contributed by atoms with Crippen LogP contribution in [0, 0.1) is 0 Å². The zero-order valence-corrected chi connectivity index (χ0v) is 15.9. The lowest BCUT2D eigenvalue weighted by Gasteiger charge is -2.14. The molecule has 2 aromatic rings. The van der Waals surface area contributed by atoms with Gasteiger partial charge in [-0.15, -0.1) is 0 Å². The van der Waals surface area contributed by atoms with Gasteiger partial charge in [0, 0.05) is 4.47 Å². The topological polar surface area (TPSA) is 29.5 Å². The van der Waals surface area contributed by atoms with Crippen molar-refractivity contribution in [3.8, 4) is 5.75 Å². The van der Waals surface area contributed by atoms with Crippen molar-refractivity contribution in [1.82, 2.24) is 4.90 Å². The van der Waals surface area contributed by atoms with Crippen molar-refractivity contribution < 1.29 is 9.53 Å². The monoisotopic (exact) mass is 419 g/mol. The minimum atomic E-state index is -0.0718. The normalized spacial score (nSPS) is 16.0. The van der Waals surface area contributed by atoms with Gasteiger partial charge in [-0.05, 0) is 29.8 Å². The Kier molecular flexibility index (Phi) is 5.71. The Bertz CT molecular complexity index is 793. The smallest absolute Gasteiger partial charge is 0.266 e. The molecule has 0 bridgehead atoms. The summed E-state index contributed by atoms with van der Waals surface area (Å²) in [7, 11) is 0. The Labute approximate surface area is 158 Å². The van der Waals surface area contributed by atoms with E-state index >= 15 is 0 Å². The van der Waals surface area contributed by atoms with Crippen molar-refractivity contribution in [2.75, 3.05) is 13.2 Å². The van der Waals surface area contributed by atoms with Crippen molar-refractivity contribution in [3.63, 3.8) is 0 Å². The summed E-state index contributed by atoms with van der Waals surface area (Å²) in [6, 6.07) is 17.3. The Morgan fingerprint density at radius 2 is 1.83 bits per heavy atom. The fourth-order valence-corrected chi connectivity index (χ4v) is 3.90. The molecule has 3 rings (SSSR count). The number of halogens is 1. The molecule has 1 aliphatic heterocycles. The molecule has 1 amide bonds. The van der Waals surface area contributed by atoms with Gasteiger partial charge >= 0.3 is 0 Å². The molecule has 0 N–H and O–H groups in total. The van der Waals surface area contributed by atoms with Crippen LogP contribution < -0.4 is 4.74 Å². The molecule has 3 nitrogen and oxygen atoms in total. The highest BCUT2D eigenvalue weighted by atomic mass is 79.9. The lowest BCUT2D eigenvalue weighted by Crippen LogP contribution is -2.32. The summed E-state index contributed by atoms with van der Waals surface area (Å²) in [5, 5.41) is 0. The molecule has 0 atom stereocenters. The Morgan fingerprint density at radius 1 is 1.12 bits per heavy atom. The van der Waals surface area contributed by atoms with Gasteiger partial charge in [0.15, 0.2) is 0 Å². The summed E-state index contributed by atoms with van der Waals surface area (Å²) in [6.07, 6.45) is 1.86. The maximum absolute atomic E-state index is 12.6. The van der Waals surface area contributed by atoms with Crippen molar-refractivity contribution in [2.45, 2.75) is 0 Å². The molecule has 0 aliphatic carbocycles. The summed E-state index contributed by atoms with van der Waals surface area (Å²) < 4.78 is 7.16. The first-order valence-corrected chi connectivity index (χ1v) is 9.34. The van der Waals surface area contributed by atoms with Crippen LogP contribution >= 0.6 is 39.9 Å². The van der Waals surface area contributed by atoms with Gasteiger partial charge in [-0.2, -0.15) is 0 Å². The number of para-hydroxylation sites is 1. The van der Waals surface area contributed by atoms with Crippen LogP contribution in [-0.2, 0) is 4.79 Å².